The first kappa shape index (κ1) is 14.3. The number of nitrogens with one attached hydrogen (secondary N) is 2. The molecule has 0 fully saturated rings. The Bertz CT molecular complexity index is 578. The van der Waals surface area contributed by atoms with E-state index in [9.17, 15) is 4.79 Å². The van der Waals surface area contributed by atoms with E-state index in [-0.39, 0.29) is 18.7 Å². The van der Waals surface area contributed by atoms with E-state index < -0.39 is 0 Å². The maximum absolute atomic E-state index is 11.9. The molecule has 0 saturated carbocycles. The zero-order valence-corrected chi connectivity index (χ0v) is 11.6. The Kier molecular flexibility index (Phi) is 4.96. The van der Waals surface area contributed by atoms with Crippen molar-refractivity contribution in [2.24, 2.45) is 0 Å². The van der Waals surface area contributed by atoms with Crippen molar-refractivity contribution in [1.29, 1.82) is 0 Å². The summed E-state index contributed by atoms with van der Waals surface area (Å²) < 4.78 is 0. The van der Waals surface area contributed by atoms with Crippen LogP contribution in [0.4, 0.5) is 10.5 Å². The Morgan fingerprint density at radius 1 is 1.20 bits per heavy atom. The van der Waals surface area contributed by atoms with E-state index >= 15 is 0 Å². The van der Waals surface area contributed by atoms with Gasteiger partial charge in [0.15, 0.2) is 0 Å². The van der Waals surface area contributed by atoms with Crippen LogP contribution in [0.1, 0.15) is 19.8 Å². The number of carbonyl (C=O) groups excluding carboxylic acids is 1. The Hall–Kier alpha value is -2.07. The molecule has 0 radical (unpaired) electrons. The third kappa shape index (κ3) is 3.71. The van der Waals surface area contributed by atoms with Gasteiger partial charge < -0.3 is 15.7 Å². The summed E-state index contributed by atoms with van der Waals surface area (Å²) in [6.45, 7) is 2.08. The SMILES string of the molecule is CC(CCCO)NC(=O)Nc1cccc2ccccc12. The minimum Gasteiger partial charge on any atom is -0.396 e. The molecule has 0 heterocycles. The molecule has 1 atom stereocenters. The van der Waals surface area contributed by atoms with Crippen LogP contribution in [-0.4, -0.2) is 23.8 Å². The number of hydrogen-bond donors (Lipinski definition) is 3. The van der Waals surface area contributed by atoms with Crippen LogP contribution in [0.25, 0.3) is 10.8 Å². The first-order valence-corrected chi connectivity index (χ1v) is 6.87. The van der Waals surface area contributed by atoms with E-state index in [1.54, 1.807) is 0 Å². The summed E-state index contributed by atoms with van der Waals surface area (Å²) in [6, 6.07) is 13.6. The molecule has 0 bridgehead atoms. The molecule has 0 saturated heterocycles. The highest BCUT2D eigenvalue weighted by Crippen LogP contribution is 2.22. The summed E-state index contributed by atoms with van der Waals surface area (Å²) in [5.41, 5.74) is 0.801. The second-order valence-corrected chi connectivity index (χ2v) is 4.89. The van der Waals surface area contributed by atoms with Gasteiger partial charge in [0.1, 0.15) is 0 Å². The largest absolute Gasteiger partial charge is 0.396 e. The van der Waals surface area contributed by atoms with E-state index in [0.717, 1.165) is 22.9 Å². The van der Waals surface area contributed by atoms with E-state index in [4.69, 9.17) is 5.11 Å². The number of aliphatic hydroxyl groups excluding tert-OH is 1. The van der Waals surface area contributed by atoms with Crippen LogP contribution in [0.2, 0.25) is 0 Å². The molecule has 0 aliphatic rings. The summed E-state index contributed by atoms with van der Waals surface area (Å²) in [7, 11) is 0. The van der Waals surface area contributed by atoms with E-state index in [1.807, 2.05) is 49.4 Å². The van der Waals surface area contributed by atoms with Crippen molar-refractivity contribution in [1.82, 2.24) is 5.32 Å². The number of rotatable bonds is 5. The second-order valence-electron chi connectivity index (χ2n) is 4.89. The summed E-state index contributed by atoms with van der Waals surface area (Å²) in [5.74, 6) is 0. The lowest BCUT2D eigenvalue weighted by Gasteiger charge is -2.15. The molecule has 2 aromatic carbocycles. The van der Waals surface area contributed by atoms with Gasteiger partial charge in [-0.05, 0) is 31.2 Å². The normalized spacial score (nSPS) is 12.1. The number of benzene rings is 2. The molecular weight excluding hydrogens is 252 g/mol. The Morgan fingerprint density at radius 2 is 1.95 bits per heavy atom. The average Bonchev–Trinajstić information content (AvgIpc) is 2.45. The number of fused-ring (bicyclic) bond motifs is 1. The first-order chi connectivity index (χ1) is 9.70. The predicted octanol–water partition coefficient (Wildman–Crippen LogP) is 3.12. The molecule has 2 amide bonds. The fourth-order valence-corrected chi connectivity index (χ4v) is 2.19. The minimum absolute atomic E-state index is 0.0390. The van der Waals surface area contributed by atoms with Crippen molar-refractivity contribution in [3.63, 3.8) is 0 Å². The number of hydrogen-bond acceptors (Lipinski definition) is 2. The smallest absolute Gasteiger partial charge is 0.319 e. The zero-order chi connectivity index (χ0) is 14.4. The molecule has 3 N–H and O–H groups in total. The molecule has 4 heteroatoms. The van der Waals surface area contributed by atoms with Crippen molar-refractivity contribution in [3.8, 4) is 0 Å². The number of urea groups is 1. The van der Waals surface area contributed by atoms with Crippen molar-refractivity contribution >= 4 is 22.5 Å². The van der Waals surface area contributed by atoms with Gasteiger partial charge in [0.2, 0.25) is 0 Å². The third-order valence-corrected chi connectivity index (χ3v) is 3.21. The predicted molar refractivity (Wildman–Crippen MR) is 81.9 cm³/mol. The zero-order valence-electron chi connectivity index (χ0n) is 11.6. The average molecular weight is 272 g/mol. The number of carbonyl (C=O) groups is 1. The van der Waals surface area contributed by atoms with Crippen LogP contribution in [-0.2, 0) is 0 Å². The summed E-state index contributed by atoms with van der Waals surface area (Å²) >= 11 is 0. The highest BCUT2D eigenvalue weighted by molar-refractivity contribution is 6.01. The molecule has 0 aliphatic heterocycles. The van der Waals surface area contributed by atoms with E-state index in [1.165, 1.54) is 0 Å². The topological polar surface area (TPSA) is 61.4 Å². The van der Waals surface area contributed by atoms with E-state index in [2.05, 4.69) is 10.6 Å². The van der Waals surface area contributed by atoms with Gasteiger partial charge in [0.25, 0.3) is 0 Å². The maximum Gasteiger partial charge on any atom is 0.319 e. The molecule has 1 unspecified atom stereocenters. The second kappa shape index (κ2) is 6.91. The fraction of sp³-hybridized carbons (Fsp3) is 0.312. The van der Waals surface area contributed by atoms with Crippen molar-refractivity contribution in [3.05, 3.63) is 42.5 Å². The minimum atomic E-state index is -0.216. The lowest BCUT2D eigenvalue weighted by atomic mass is 10.1. The van der Waals surface area contributed by atoms with Crippen LogP contribution >= 0.6 is 0 Å². The highest BCUT2D eigenvalue weighted by Gasteiger charge is 2.08. The van der Waals surface area contributed by atoms with Gasteiger partial charge in [-0.25, -0.2) is 4.79 Å². The van der Waals surface area contributed by atoms with Crippen LogP contribution in [0, 0.1) is 0 Å². The van der Waals surface area contributed by atoms with Crippen LogP contribution in [0.3, 0.4) is 0 Å². The number of amides is 2. The Labute approximate surface area is 118 Å². The Morgan fingerprint density at radius 3 is 2.75 bits per heavy atom. The van der Waals surface area contributed by atoms with Crippen molar-refractivity contribution in [2.45, 2.75) is 25.8 Å². The quantitative estimate of drug-likeness (QED) is 0.783. The molecule has 0 spiro atoms. The molecule has 0 aliphatic carbocycles. The third-order valence-electron chi connectivity index (χ3n) is 3.21. The molecule has 106 valence electrons. The lowest BCUT2D eigenvalue weighted by molar-refractivity contribution is 0.245. The van der Waals surface area contributed by atoms with Gasteiger partial charge >= 0.3 is 6.03 Å². The highest BCUT2D eigenvalue weighted by atomic mass is 16.3. The standard InChI is InChI=1S/C16H20N2O2/c1-12(6-5-11-19)17-16(20)18-15-10-4-8-13-7-2-3-9-14(13)15/h2-4,7-10,12,19H,5-6,11H2,1H3,(H2,17,18,20). The summed E-state index contributed by atoms with van der Waals surface area (Å²) in [5, 5.41) is 16.6. The summed E-state index contributed by atoms with van der Waals surface area (Å²) in [4.78, 5) is 11.9. The molecular formula is C16H20N2O2. The number of anilines is 1. The van der Waals surface area contributed by atoms with Crippen LogP contribution in [0.5, 0.6) is 0 Å². The molecule has 2 rings (SSSR count). The van der Waals surface area contributed by atoms with Gasteiger partial charge in [0.05, 0.1) is 5.69 Å². The molecule has 0 aromatic heterocycles. The van der Waals surface area contributed by atoms with Crippen molar-refractivity contribution in [2.75, 3.05) is 11.9 Å². The summed E-state index contributed by atoms with van der Waals surface area (Å²) in [6.07, 6.45) is 1.45. The fourth-order valence-electron chi connectivity index (χ4n) is 2.19. The Balaban J connectivity index is 2.03. The lowest BCUT2D eigenvalue weighted by Crippen LogP contribution is -2.36. The van der Waals surface area contributed by atoms with Crippen LogP contribution in [0.15, 0.2) is 42.5 Å². The van der Waals surface area contributed by atoms with Crippen molar-refractivity contribution < 1.29 is 9.90 Å². The first-order valence-electron chi connectivity index (χ1n) is 6.87. The molecule has 2 aromatic rings. The van der Waals surface area contributed by atoms with E-state index in [0.29, 0.717) is 6.42 Å². The van der Waals surface area contributed by atoms with Gasteiger partial charge in [-0.3, -0.25) is 0 Å². The van der Waals surface area contributed by atoms with Crippen LogP contribution < -0.4 is 10.6 Å². The maximum atomic E-state index is 11.9. The monoisotopic (exact) mass is 272 g/mol. The van der Waals surface area contributed by atoms with Gasteiger partial charge in [-0.15, -0.1) is 0 Å². The molecule has 20 heavy (non-hydrogen) atoms. The molecule has 4 nitrogen and oxygen atoms in total. The van der Waals surface area contributed by atoms with Gasteiger partial charge in [-0.2, -0.15) is 0 Å². The van der Waals surface area contributed by atoms with Gasteiger partial charge in [-0.1, -0.05) is 36.4 Å². The number of aliphatic hydroxyl groups is 1. The van der Waals surface area contributed by atoms with Gasteiger partial charge in [0, 0.05) is 18.0 Å².